The Balaban J connectivity index is 2.39. The molecule has 1 aromatic carbocycles. The van der Waals surface area contributed by atoms with Gasteiger partial charge in [-0.1, -0.05) is 12.1 Å². The van der Waals surface area contributed by atoms with Gasteiger partial charge in [0.05, 0.1) is 16.8 Å². The minimum atomic E-state index is -0.574. The zero-order chi connectivity index (χ0) is 15.7. The van der Waals surface area contributed by atoms with Gasteiger partial charge in [0.25, 0.3) is 0 Å². The van der Waals surface area contributed by atoms with Gasteiger partial charge in [-0.15, -0.1) is 0 Å². The molecule has 0 aromatic heterocycles. The number of nitrogens with zero attached hydrogens (tertiary/aromatic N) is 1. The van der Waals surface area contributed by atoms with Gasteiger partial charge in [-0.05, 0) is 33.8 Å². The minimum absolute atomic E-state index is 0.0607. The maximum Gasteiger partial charge on any atom is 0.498 e. The fourth-order valence-electron chi connectivity index (χ4n) is 2.08. The molecule has 1 aliphatic heterocycles. The average Bonchev–Trinajstić information content (AvgIpc) is 2.64. The number of para-hydroxylation sites is 1. The number of benzene rings is 1. The summed E-state index contributed by atoms with van der Waals surface area (Å²) in [7, 11) is 0.957. The molecule has 112 valence electrons. The molecular formula is C15H20BNO4. The SMILES string of the molecule is COCOc1c(C#N)cccc1B1OC(C)(C)C(C)(C)O1. The van der Waals surface area contributed by atoms with Gasteiger partial charge in [-0.2, -0.15) is 5.26 Å². The van der Waals surface area contributed by atoms with E-state index in [2.05, 4.69) is 6.07 Å². The molecule has 1 aliphatic rings. The summed E-state index contributed by atoms with van der Waals surface area (Å²) < 4.78 is 22.5. The molecule has 0 bridgehead atoms. The summed E-state index contributed by atoms with van der Waals surface area (Å²) in [5.41, 5.74) is 0.238. The molecule has 0 saturated carbocycles. The van der Waals surface area contributed by atoms with E-state index >= 15 is 0 Å². The lowest BCUT2D eigenvalue weighted by atomic mass is 9.77. The highest BCUT2D eigenvalue weighted by atomic mass is 16.7. The Morgan fingerprint density at radius 1 is 1.19 bits per heavy atom. The monoisotopic (exact) mass is 289 g/mol. The van der Waals surface area contributed by atoms with Crippen LogP contribution in [-0.2, 0) is 14.0 Å². The Morgan fingerprint density at radius 2 is 1.81 bits per heavy atom. The number of hydrogen-bond donors (Lipinski definition) is 0. The van der Waals surface area contributed by atoms with E-state index in [-0.39, 0.29) is 6.79 Å². The first-order valence-corrected chi connectivity index (χ1v) is 6.83. The summed E-state index contributed by atoms with van der Waals surface area (Å²) >= 11 is 0. The highest BCUT2D eigenvalue weighted by Crippen LogP contribution is 2.37. The Labute approximate surface area is 125 Å². The highest BCUT2D eigenvalue weighted by molar-refractivity contribution is 6.63. The van der Waals surface area contributed by atoms with Crippen LogP contribution in [0.3, 0.4) is 0 Å². The minimum Gasteiger partial charge on any atom is -0.467 e. The van der Waals surface area contributed by atoms with Crippen LogP contribution in [-0.4, -0.2) is 32.2 Å². The fraction of sp³-hybridized carbons (Fsp3) is 0.533. The van der Waals surface area contributed by atoms with E-state index in [0.717, 1.165) is 0 Å². The van der Waals surface area contributed by atoms with Crippen molar-refractivity contribution in [2.75, 3.05) is 13.9 Å². The molecule has 6 heteroatoms. The standard InChI is InChI=1S/C15H20BNO4/c1-14(2)15(3,4)21-16(20-14)12-8-6-7-11(9-17)13(12)19-10-18-5/h6-8H,10H2,1-5H3. The van der Waals surface area contributed by atoms with Gasteiger partial charge in [0.1, 0.15) is 11.8 Å². The van der Waals surface area contributed by atoms with Gasteiger partial charge in [0, 0.05) is 12.6 Å². The molecule has 1 fully saturated rings. The van der Waals surface area contributed by atoms with Crippen LogP contribution >= 0.6 is 0 Å². The molecule has 0 aliphatic carbocycles. The van der Waals surface area contributed by atoms with Crippen LogP contribution in [0.15, 0.2) is 18.2 Å². The van der Waals surface area contributed by atoms with Gasteiger partial charge in [-0.3, -0.25) is 0 Å². The molecule has 21 heavy (non-hydrogen) atoms. The molecule has 0 amide bonds. The van der Waals surface area contributed by atoms with E-state index < -0.39 is 18.3 Å². The summed E-state index contributed by atoms with van der Waals surface area (Å²) in [6.45, 7) is 7.99. The molecule has 1 aromatic rings. The summed E-state index contributed by atoms with van der Waals surface area (Å²) in [6.07, 6.45) is 0. The van der Waals surface area contributed by atoms with Crippen LogP contribution in [0.2, 0.25) is 0 Å². The van der Waals surface area contributed by atoms with Gasteiger partial charge in [-0.25, -0.2) is 0 Å². The van der Waals surface area contributed by atoms with E-state index in [0.29, 0.717) is 16.8 Å². The summed E-state index contributed by atoms with van der Waals surface area (Å²) in [5, 5.41) is 9.24. The van der Waals surface area contributed by atoms with Crippen molar-refractivity contribution in [3.8, 4) is 11.8 Å². The van der Waals surface area contributed by atoms with Crippen LogP contribution in [0.5, 0.6) is 5.75 Å². The number of nitriles is 1. The van der Waals surface area contributed by atoms with Gasteiger partial charge >= 0.3 is 7.12 Å². The van der Waals surface area contributed by atoms with Gasteiger partial charge in [0.2, 0.25) is 0 Å². The van der Waals surface area contributed by atoms with Crippen LogP contribution in [0.1, 0.15) is 33.3 Å². The molecule has 0 atom stereocenters. The lowest BCUT2D eigenvalue weighted by Crippen LogP contribution is -2.41. The summed E-state index contributed by atoms with van der Waals surface area (Å²) in [4.78, 5) is 0. The molecule has 5 nitrogen and oxygen atoms in total. The van der Waals surface area contributed by atoms with Crippen molar-refractivity contribution < 1.29 is 18.8 Å². The van der Waals surface area contributed by atoms with Gasteiger partial charge < -0.3 is 18.8 Å². The Hall–Kier alpha value is -1.55. The maximum atomic E-state index is 9.24. The van der Waals surface area contributed by atoms with Crippen molar-refractivity contribution in [1.29, 1.82) is 5.26 Å². The number of methoxy groups -OCH3 is 1. The molecule has 1 saturated heterocycles. The number of rotatable bonds is 4. The Morgan fingerprint density at radius 3 is 2.33 bits per heavy atom. The average molecular weight is 289 g/mol. The summed E-state index contributed by atoms with van der Waals surface area (Å²) in [6, 6.07) is 7.44. The normalized spacial score (nSPS) is 19.3. The first kappa shape index (κ1) is 15.8. The van der Waals surface area contributed by atoms with Crippen molar-refractivity contribution in [2.24, 2.45) is 0 Å². The van der Waals surface area contributed by atoms with E-state index in [4.69, 9.17) is 18.8 Å². The highest BCUT2D eigenvalue weighted by Gasteiger charge is 2.52. The van der Waals surface area contributed by atoms with Crippen LogP contribution in [0.4, 0.5) is 0 Å². The lowest BCUT2D eigenvalue weighted by Gasteiger charge is -2.32. The second-order valence-electron chi connectivity index (χ2n) is 5.97. The smallest absolute Gasteiger partial charge is 0.467 e. The van der Waals surface area contributed by atoms with Crippen molar-refractivity contribution in [3.05, 3.63) is 23.8 Å². The fourth-order valence-corrected chi connectivity index (χ4v) is 2.08. The molecule has 0 N–H and O–H groups in total. The topological polar surface area (TPSA) is 60.7 Å². The largest absolute Gasteiger partial charge is 0.498 e. The lowest BCUT2D eigenvalue weighted by molar-refractivity contribution is 0.00578. The predicted octanol–water partition coefficient (Wildman–Crippen LogP) is 1.84. The first-order valence-electron chi connectivity index (χ1n) is 6.83. The second kappa shape index (κ2) is 5.68. The molecule has 1 heterocycles. The van der Waals surface area contributed by atoms with Crippen molar-refractivity contribution >= 4 is 12.6 Å². The van der Waals surface area contributed by atoms with E-state index in [1.54, 1.807) is 12.1 Å². The van der Waals surface area contributed by atoms with E-state index in [9.17, 15) is 5.26 Å². The first-order chi connectivity index (χ1) is 9.82. The molecule has 2 rings (SSSR count). The van der Waals surface area contributed by atoms with Crippen molar-refractivity contribution in [2.45, 2.75) is 38.9 Å². The zero-order valence-corrected chi connectivity index (χ0v) is 13.1. The van der Waals surface area contributed by atoms with E-state index in [1.165, 1.54) is 7.11 Å². The van der Waals surface area contributed by atoms with E-state index in [1.807, 2.05) is 33.8 Å². The second-order valence-corrected chi connectivity index (χ2v) is 5.97. The van der Waals surface area contributed by atoms with Crippen LogP contribution in [0.25, 0.3) is 0 Å². The van der Waals surface area contributed by atoms with Gasteiger partial charge in [0.15, 0.2) is 6.79 Å². The number of hydrogen-bond acceptors (Lipinski definition) is 5. The third-order valence-corrected chi connectivity index (χ3v) is 3.99. The Bertz CT molecular complexity index is 549. The molecule has 0 unspecified atom stereocenters. The van der Waals surface area contributed by atoms with Crippen molar-refractivity contribution in [1.82, 2.24) is 0 Å². The zero-order valence-electron chi connectivity index (χ0n) is 13.1. The molecule has 0 radical (unpaired) electrons. The number of ether oxygens (including phenoxy) is 2. The quantitative estimate of drug-likeness (QED) is 0.625. The molecular weight excluding hydrogens is 269 g/mol. The van der Waals surface area contributed by atoms with Crippen LogP contribution < -0.4 is 10.2 Å². The summed E-state index contributed by atoms with van der Waals surface area (Å²) in [5.74, 6) is 0.445. The predicted molar refractivity (Wildman–Crippen MR) is 79.4 cm³/mol. The third kappa shape index (κ3) is 2.91. The van der Waals surface area contributed by atoms with Crippen LogP contribution in [0, 0.1) is 11.3 Å². The molecule has 0 spiro atoms. The Kier molecular flexibility index (Phi) is 4.29. The maximum absolute atomic E-state index is 9.24. The van der Waals surface area contributed by atoms with Crippen molar-refractivity contribution in [3.63, 3.8) is 0 Å². The third-order valence-electron chi connectivity index (χ3n) is 3.99.